The Morgan fingerprint density at radius 2 is 0.710 bits per heavy atom. The quantitative estimate of drug-likeness (QED) is 0.127. The highest BCUT2D eigenvalue weighted by Gasteiger charge is 2.49. The van der Waals surface area contributed by atoms with Gasteiger partial charge in [-0.05, 0) is 160 Å². The van der Waals surface area contributed by atoms with Gasteiger partial charge in [0.05, 0.1) is 33.1 Å². The number of hydrogen-bond acceptors (Lipinski definition) is 8. The molecule has 0 unspecified atom stereocenters. The van der Waals surface area contributed by atoms with Crippen LogP contribution in [0, 0.1) is 0 Å². The molecule has 17 aromatic rings. The number of thiophene rings is 2. The molecule has 0 amide bonds. The molecule has 6 nitrogen and oxygen atoms in total. The van der Waals surface area contributed by atoms with Crippen LogP contribution in [0.15, 0.2) is 346 Å². The van der Waals surface area contributed by atoms with Crippen molar-refractivity contribution in [1.29, 1.82) is 0 Å². The van der Waals surface area contributed by atoms with Crippen LogP contribution in [-0.2, 0) is 0 Å². The zero-order valence-electron chi connectivity index (χ0n) is 54.0. The summed E-state index contributed by atoms with van der Waals surface area (Å²) in [6.07, 6.45) is 0. The largest absolute Gasteiger partial charge is 0.458 e. The van der Waals surface area contributed by atoms with Crippen LogP contribution >= 0.6 is 22.7 Å². The van der Waals surface area contributed by atoms with E-state index in [9.17, 15) is 0 Å². The predicted octanol–water partition coefficient (Wildman–Crippen LogP) is 21.5. The van der Waals surface area contributed by atoms with E-state index >= 15 is 0 Å². The van der Waals surface area contributed by atoms with E-state index in [1.54, 1.807) is 0 Å². The fourth-order valence-corrected chi connectivity index (χ4v) is 19.1. The fourth-order valence-electron chi connectivity index (χ4n) is 16.7. The SMILES string of the molecule is c1ccc(-c2ccccc2N2c3cc4c(cc3B3c5ccccc5N(c5cccc6c5sc5ccccc56)c5cc(N(c6ccccc6)c6ccccc6)cc2c53)B2c3ccccc3Oc3cc(N(c5ccccc5)c5ccccc5)cc(c32)N4c2cccc3sc4ccccc4c23)cc1. The summed E-state index contributed by atoms with van der Waals surface area (Å²) in [6.45, 7) is -0.475. The zero-order chi connectivity index (χ0) is 65.5. The number of anilines is 15. The van der Waals surface area contributed by atoms with Gasteiger partial charge >= 0.3 is 0 Å². The third-order valence-corrected chi connectivity index (χ3v) is 23.1. The van der Waals surface area contributed by atoms with Gasteiger partial charge in [0, 0.05) is 104 Å². The Balaban J connectivity index is 0.917. The summed E-state index contributed by atoms with van der Waals surface area (Å²) in [5, 5.41) is 4.96. The summed E-state index contributed by atoms with van der Waals surface area (Å²) < 4.78 is 12.5. The Kier molecular flexibility index (Phi) is 12.9. The summed E-state index contributed by atoms with van der Waals surface area (Å²) in [7, 11) is 0. The van der Waals surface area contributed by atoms with E-state index in [1.807, 2.05) is 22.7 Å². The van der Waals surface area contributed by atoms with Crippen molar-refractivity contribution in [3.05, 3.63) is 346 Å². The van der Waals surface area contributed by atoms with Gasteiger partial charge in [-0.1, -0.05) is 218 Å². The van der Waals surface area contributed by atoms with Crippen molar-refractivity contribution in [2.45, 2.75) is 0 Å². The lowest BCUT2D eigenvalue weighted by Gasteiger charge is -2.47. The molecular weight excluding hydrogens is 1250 g/mol. The summed E-state index contributed by atoms with van der Waals surface area (Å²) in [5.41, 5.74) is 25.6. The lowest BCUT2D eigenvalue weighted by molar-refractivity contribution is 0.487. The van der Waals surface area contributed by atoms with Crippen LogP contribution in [-0.4, -0.2) is 13.4 Å². The molecular formula is C90H57B2N5OS2. The summed E-state index contributed by atoms with van der Waals surface area (Å²) >= 11 is 3.74. The Bertz CT molecular complexity index is 6070. The Morgan fingerprint density at radius 1 is 0.260 bits per heavy atom. The van der Waals surface area contributed by atoms with Crippen molar-refractivity contribution >= 4 is 195 Å². The molecule has 466 valence electrons. The highest BCUT2D eigenvalue weighted by molar-refractivity contribution is 7.26. The van der Waals surface area contributed by atoms with Gasteiger partial charge in [0.1, 0.15) is 11.5 Å². The Labute approximate surface area is 588 Å². The fraction of sp³-hybridized carbons (Fsp3) is 0. The van der Waals surface area contributed by atoms with Gasteiger partial charge in [-0.2, -0.15) is 0 Å². The molecule has 21 rings (SSSR count). The minimum atomic E-state index is -0.239. The first-order chi connectivity index (χ1) is 49.6. The third-order valence-electron chi connectivity index (χ3n) is 20.8. The second kappa shape index (κ2) is 22.6. The minimum Gasteiger partial charge on any atom is -0.458 e. The second-order valence-corrected chi connectivity index (χ2v) is 28.3. The van der Waals surface area contributed by atoms with Gasteiger partial charge in [0.25, 0.3) is 13.4 Å². The number of para-hydroxylation sites is 7. The first kappa shape index (κ1) is 56.8. The van der Waals surface area contributed by atoms with Crippen molar-refractivity contribution in [2.75, 3.05) is 24.5 Å². The molecule has 0 bridgehead atoms. The molecule has 0 atom stereocenters. The number of hydrogen-bond donors (Lipinski definition) is 0. The van der Waals surface area contributed by atoms with Crippen LogP contribution in [0.5, 0.6) is 11.5 Å². The molecule has 0 fully saturated rings. The van der Waals surface area contributed by atoms with Gasteiger partial charge in [0.15, 0.2) is 0 Å². The zero-order valence-corrected chi connectivity index (χ0v) is 55.7. The van der Waals surface area contributed by atoms with E-state index in [0.717, 1.165) is 119 Å². The first-order valence-corrected chi connectivity index (χ1v) is 35.8. The maximum atomic E-state index is 7.46. The van der Waals surface area contributed by atoms with Gasteiger partial charge < -0.3 is 29.2 Å². The molecule has 4 aliphatic rings. The molecule has 100 heavy (non-hydrogen) atoms. The highest BCUT2D eigenvalue weighted by atomic mass is 32.1. The molecule has 0 aliphatic carbocycles. The topological polar surface area (TPSA) is 25.4 Å². The Hall–Kier alpha value is -12.3. The monoisotopic (exact) mass is 1310 g/mol. The number of fused-ring (bicyclic) bond motifs is 14. The molecule has 2 aromatic heterocycles. The average Bonchev–Trinajstić information content (AvgIpc) is 0.736. The second-order valence-electron chi connectivity index (χ2n) is 26.2. The molecule has 0 saturated heterocycles. The number of ether oxygens (including phenoxy) is 1. The summed E-state index contributed by atoms with van der Waals surface area (Å²) in [4.78, 5) is 12.7. The van der Waals surface area contributed by atoms with Crippen molar-refractivity contribution in [3.8, 4) is 22.6 Å². The molecule has 4 aliphatic heterocycles. The molecule has 0 N–H and O–H groups in total. The van der Waals surface area contributed by atoms with Crippen LogP contribution < -0.4 is 62.0 Å². The van der Waals surface area contributed by atoms with Crippen molar-refractivity contribution in [2.24, 2.45) is 0 Å². The van der Waals surface area contributed by atoms with Crippen LogP contribution in [0.4, 0.5) is 85.3 Å². The summed E-state index contributed by atoms with van der Waals surface area (Å²) in [5.74, 6) is 1.68. The van der Waals surface area contributed by atoms with Crippen LogP contribution in [0.2, 0.25) is 0 Å². The van der Waals surface area contributed by atoms with Crippen LogP contribution in [0.25, 0.3) is 51.5 Å². The maximum Gasteiger partial charge on any atom is 0.256 e. The molecule has 10 heteroatoms. The van der Waals surface area contributed by atoms with Gasteiger partial charge in [-0.25, -0.2) is 0 Å². The van der Waals surface area contributed by atoms with Crippen LogP contribution in [0.1, 0.15) is 0 Å². The lowest BCUT2D eigenvalue weighted by atomic mass is 9.30. The van der Waals surface area contributed by atoms with Crippen molar-refractivity contribution in [3.63, 3.8) is 0 Å². The minimum absolute atomic E-state index is 0.236. The van der Waals surface area contributed by atoms with Gasteiger partial charge in [-0.3, -0.25) is 0 Å². The number of nitrogens with zero attached hydrogens (tertiary/aromatic N) is 5. The predicted molar refractivity (Wildman–Crippen MR) is 427 cm³/mol. The third kappa shape index (κ3) is 8.64. The number of benzene rings is 15. The van der Waals surface area contributed by atoms with Crippen molar-refractivity contribution in [1.82, 2.24) is 0 Å². The molecule has 15 aromatic carbocycles. The van der Waals surface area contributed by atoms with Gasteiger partial charge in [-0.15, -0.1) is 22.7 Å². The standard InChI is InChI=1S/C90H57B2N5OS2/c1-6-28-58(29-7-1)65-38-16-21-44-73(65)95-77-57-78-72(92-70-43-20-23-48-82(70)98-83-55-64(94(61-34-12-4-13-35-61)62-36-14-5-15-37-62)54-81(89(83)92)97(78)75-46-27-51-86-87(75)68-40-18-25-50-85(68)99-86)56-71(77)91-69-42-19-22-45-74(69)96(76-47-26-41-67-66-39-17-24-49-84(66)100-90(67)76)80-53-63(52-79(95)88(80)91)93(59-30-8-2-9-31-59)60-32-10-3-11-33-60/h1-57H. The van der Waals surface area contributed by atoms with E-state index in [1.165, 1.54) is 62.2 Å². The smallest absolute Gasteiger partial charge is 0.256 e. The number of rotatable bonds is 10. The first-order valence-electron chi connectivity index (χ1n) is 34.2. The van der Waals surface area contributed by atoms with Gasteiger partial charge in [0.2, 0.25) is 0 Å². The molecule has 6 heterocycles. The van der Waals surface area contributed by atoms with Crippen molar-refractivity contribution < 1.29 is 4.74 Å². The van der Waals surface area contributed by atoms with E-state index in [4.69, 9.17) is 4.74 Å². The Morgan fingerprint density at radius 3 is 1.37 bits per heavy atom. The molecule has 0 spiro atoms. The molecule has 0 radical (unpaired) electrons. The maximum absolute atomic E-state index is 7.46. The van der Waals surface area contributed by atoms with E-state index in [-0.39, 0.29) is 13.4 Å². The van der Waals surface area contributed by atoms with E-state index < -0.39 is 0 Å². The van der Waals surface area contributed by atoms with Crippen LogP contribution in [0.3, 0.4) is 0 Å². The lowest BCUT2D eigenvalue weighted by Crippen LogP contribution is -2.64. The summed E-state index contributed by atoms with van der Waals surface area (Å²) in [6, 6.07) is 128. The average molecular weight is 1310 g/mol. The highest BCUT2D eigenvalue weighted by Crippen LogP contribution is 2.55. The van der Waals surface area contributed by atoms with E-state index in [2.05, 4.69) is 370 Å². The van der Waals surface area contributed by atoms with E-state index in [0.29, 0.717) is 0 Å². The molecule has 0 saturated carbocycles. The normalized spacial score (nSPS) is 13.0.